The predicted octanol–water partition coefficient (Wildman–Crippen LogP) is 2.90. The summed E-state index contributed by atoms with van der Waals surface area (Å²) >= 11 is 0. The minimum atomic E-state index is -0.306. The van der Waals surface area contributed by atoms with Gasteiger partial charge in [0.15, 0.2) is 0 Å². The number of anilines is 2. The van der Waals surface area contributed by atoms with Crippen LogP contribution in [-0.4, -0.2) is 83.5 Å². The van der Waals surface area contributed by atoms with Gasteiger partial charge in [-0.2, -0.15) is 4.99 Å². The van der Waals surface area contributed by atoms with Crippen LogP contribution in [0.5, 0.6) is 0 Å². The highest BCUT2D eigenvalue weighted by Crippen LogP contribution is 2.42. The molecule has 1 saturated heterocycles. The zero-order valence-electron chi connectivity index (χ0n) is 21.9. The Morgan fingerprint density at radius 1 is 1.24 bits per heavy atom. The van der Waals surface area contributed by atoms with Crippen molar-refractivity contribution in [2.75, 3.05) is 49.5 Å². The lowest BCUT2D eigenvalue weighted by Gasteiger charge is -2.43. The Morgan fingerprint density at radius 3 is 2.65 bits per heavy atom. The van der Waals surface area contributed by atoms with Gasteiger partial charge in [0.05, 0.1) is 23.5 Å². The molecule has 1 atom stereocenters. The van der Waals surface area contributed by atoms with Gasteiger partial charge in [-0.3, -0.25) is 9.69 Å². The van der Waals surface area contributed by atoms with Crippen molar-refractivity contribution in [3.05, 3.63) is 35.7 Å². The highest BCUT2D eigenvalue weighted by molar-refractivity contribution is 5.99. The molecule has 1 spiro atoms. The number of pyridine rings is 1. The number of hydrogen-bond acceptors (Lipinski definition) is 6. The minimum Gasteiger partial charge on any atom is -0.392 e. The molecule has 2 aromatic heterocycles. The molecule has 2 fully saturated rings. The molecule has 10 nitrogen and oxygen atoms in total. The number of guanidine groups is 1. The van der Waals surface area contributed by atoms with E-state index in [2.05, 4.69) is 41.7 Å². The van der Waals surface area contributed by atoms with Crippen LogP contribution in [0.4, 0.5) is 17.3 Å². The molecular formula is C27H38N8O2. The molecule has 37 heavy (non-hydrogen) atoms. The lowest BCUT2D eigenvalue weighted by atomic mass is 9.80. The first-order chi connectivity index (χ1) is 17.9. The second-order valence-electron chi connectivity index (χ2n) is 10.6. The van der Waals surface area contributed by atoms with E-state index in [-0.39, 0.29) is 17.6 Å². The van der Waals surface area contributed by atoms with Crippen LogP contribution in [0.15, 0.2) is 34.4 Å². The van der Waals surface area contributed by atoms with E-state index in [1.165, 1.54) is 6.42 Å². The normalized spacial score (nSPS) is 20.9. The molecule has 2 aliphatic heterocycles. The van der Waals surface area contributed by atoms with E-state index in [0.717, 1.165) is 68.9 Å². The molecule has 0 radical (unpaired) electrons. The van der Waals surface area contributed by atoms with Crippen LogP contribution >= 0.6 is 0 Å². The first-order valence-corrected chi connectivity index (χ1v) is 13.3. The maximum atomic E-state index is 12.7. The molecule has 2 aromatic rings. The topological polar surface area (TPSA) is 110 Å². The van der Waals surface area contributed by atoms with E-state index < -0.39 is 0 Å². The number of aliphatic imine (C=N–C) groups is 2. The molecule has 198 valence electrons. The number of amides is 1. The van der Waals surface area contributed by atoms with Crippen molar-refractivity contribution < 1.29 is 9.90 Å². The molecule has 1 amide bonds. The largest absolute Gasteiger partial charge is 0.392 e. The SMILES string of the molecule is C=N/C(=N\c1c(C)cc2n1C1(CCCCC1)CNC2=O)Nc1ccc(N2CCN(C[C@H](C)O)CC2)cn1. The van der Waals surface area contributed by atoms with Crippen molar-refractivity contribution >= 4 is 35.9 Å². The van der Waals surface area contributed by atoms with Gasteiger partial charge in [-0.15, -0.1) is 0 Å². The van der Waals surface area contributed by atoms with Crippen LogP contribution in [0.3, 0.4) is 0 Å². The number of β-amino-alcohol motifs (C(OH)–C–C–N with tert-alkyl or cyclic N) is 1. The number of aromatic nitrogens is 2. The van der Waals surface area contributed by atoms with Crippen LogP contribution in [0.2, 0.25) is 0 Å². The third kappa shape index (κ3) is 5.26. The zero-order chi connectivity index (χ0) is 26.0. The first kappa shape index (κ1) is 25.4. The average molecular weight is 507 g/mol. The molecule has 0 aromatic carbocycles. The van der Waals surface area contributed by atoms with Gasteiger partial charge >= 0.3 is 0 Å². The summed E-state index contributed by atoms with van der Waals surface area (Å²) in [6, 6.07) is 5.90. The van der Waals surface area contributed by atoms with Crippen LogP contribution in [0.25, 0.3) is 0 Å². The zero-order valence-corrected chi connectivity index (χ0v) is 21.9. The van der Waals surface area contributed by atoms with E-state index >= 15 is 0 Å². The second kappa shape index (κ2) is 10.6. The van der Waals surface area contributed by atoms with E-state index in [1.54, 1.807) is 0 Å². The molecule has 5 rings (SSSR count). The van der Waals surface area contributed by atoms with Gasteiger partial charge in [0, 0.05) is 39.3 Å². The monoisotopic (exact) mass is 506 g/mol. The molecule has 0 unspecified atom stereocenters. The lowest BCUT2D eigenvalue weighted by molar-refractivity contribution is 0.0830. The van der Waals surface area contributed by atoms with E-state index in [9.17, 15) is 9.90 Å². The van der Waals surface area contributed by atoms with Gasteiger partial charge in [0.25, 0.3) is 5.91 Å². The summed E-state index contributed by atoms with van der Waals surface area (Å²) in [6.07, 6.45) is 7.12. The fraction of sp³-hybridized carbons (Fsp3) is 0.556. The molecule has 1 aliphatic carbocycles. The maximum Gasteiger partial charge on any atom is 0.268 e. The van der Waals surface area contributed by atoms with Crippen molar-refractivity contribution in [3.63, 3.8) is 0 Å². The standard InChI is InChI=1S/C27H38N8O2/c1-19-15-22-25(37)30-18-27(9-5-4-6-10-27)35(22)24(19)32-26(28-3)31-23-8-7-21(16-29-23)34-13-11-33(12-14-34)17-20(2)36/h7-8,15-16,20,36H,3-6,9-14,17-18H2,1-2H3,(H,30,37)(H,29,31,32)/t20-/m0/s1. The Hall–Kier alpha value is -3.24. The number of aliphatic hydroxyl groups excluding tert-OH is 1. The van der Waals surface area contributed by atoms with Crippen molar-refractivity contribution in [1.82, 2.24) is 19.8 Å². The molecule has 3 N–H and O–H groups in total. The van der Waals surface area contributed by atoms with Crippen LogP contribution < -0.4 is 15.5 Å². The number of carbonyl (C=O) groups is 1. The fourth-order valence-corrected chi connectivity index (χ4v) is 5.96. The molecule has 4 heterocycles. The highest BCUT2D eigenvalue weighted by atomic mass is 16.3. The maximum absolute atomic E-state index is 12.7. The number of aliphatic hydroxyl groups is 1. The smallest absolute Gasteiger partial charge is 0.268 e. The van der Waals surface area contributed by atoms with Gasteiger partial charge in [0.2, 0.25) is 5.96 Å². The van der Waals surface area contributed by atoms with E-state index in [1.807, 2.05) is 38.2 Å². The highest BCUT2D eigenvalue weighted by Gasteiger charge is 2.42. The third-order valence-electron chi connectivity index (χ3n) is 7.84. The van der Waals surface area contributed by atoms with Crippen molar-refractivity contribution in [2.45, 2.75) is 57.6 Å². The molecule has 1 saturated carbocycles. The molecule has 3 aliphatic rings. The van der Waals surface area contributed by atoms with Crippen LogP contribution in [-0.2, 0) is 5.54 Å². The summed E-state index contributed by atoms with van der Waals surface area (Å²) in [5.41, 5.74) is 2.54. The quantitative estimate of drug-likeness (QED) is 0.425. The van der Waals surface area contributed by atoms with E-state index in [4.69, 9.17) is 4.99 Å². The minimum absolute atomic E-state index is 0.0502. The fourth-order valence-electron chi connectivity index (χ4n) is 5.96. The number of rotatable bonds is 5. The summed E-state index contributed by atoms with van der Waals surface area (Å²) < 4.78 is 2.15. The average Bonchev–Trinajstić information content (AvgIpc) is 3.24. The summed E-state index contributed by atoms with van der Waals surface area (Å²) in [5.74, 6) is 1.70. The van der Waals surface area contributed by atoms with Gasteiger partial charge in [-0.25, -0.2) is 9.98 Å². The van der Waals surface area contributed by atoms with Gasteiger partial charge in [-0.05, 0) is 57.2 Å². The van der Waals surface area contributed by atoms with Gasteiger partial charge in [-0.1, -0.05) is 19.3 Å². The Kier molecular flexibility index (Phi) is 7.30. The van der Waals surface area contributed by atoms with E-state index in [0.29, 0.717) is 30.6 Å². The number of hydrogen-bond donors (Lipinski definition) is 3. The van der Waals surface area contributed by atoms with Crippen LogP contribution in [0, 0.1) is 6.92 Å². The summed E-state index contributed by atoms with van der Waals surface area (Å²) in [6.45, 7) is 12.5. The molecule has 10 heteroatoms. The third-order valence-corrected chi connectivity index (χ3v) is 7.84. The van der Waals surface area contributed by atoms with Crippen molar-refractivity contribution in [3.8, 4) is 0 Å². The number of fused-ring (bicyclic) bond motifs is 2. The lowest BCUT2D eigenvalue weighted by Crippen LogP contribution is -2.52. The van der Waals surface area contributed by atoms with Gasteiger partial charge < -0.3 is 25.2 Å². The number of aryl methyl sites for hydroxylation is 1. The number of nitrogens with zero attached hydrogens (tertiary/aromatic N) is 6. The summed E-state index contributed by atoms with van der Waals surface area (Å²) in [5, 5.41) is 15.9. The Balaban J connectivity index is 1.33. The van der Waals surface area contributed by atoms with Crippen molar-refractivity contribution in [2.24, 2.45) is 9.98 Å². The molecular weight excluding hydrogens is 468 g/mol. The van der Waals surface area contributed by atoms with Crippen LogP contribution in [0.1, 0.15) is 55.1 Å². The summed E-state index contributed by atoms with van der Waals surface area (Å²) in [4.78, 5) is 30.9. The first-order valence-electron chi connectivity index (χ1n) is 13.3. The Morgan fingerprint density at radius 2 is 2.00 bits per heavy atom. The predicted molar refractivity (Wildman–Crippen MR) is 147 cm³/mol. The van der Waals surface area contributed by atoms with Gasteiger partial charge in [0.1, 0.15) is 17.3 Å². The molecule has 0 bridgehead atoms. The summed E-state index contributed by atoms with van der Waals surface area (Å²) in [7, 11) is 0. The van der Waals surface area contributed by atoms with Crippen molar-refractivity contribution in [1.29, 1.82) is 0 Å². The Labute approximate surface area is 218 Å². The Bertz CT molecular complexity index is 1160. The number of carbonyl (C=O) groups excluding carboxylic acids is 1. The number of piperazine rings is 1. The second-order valence-corrected chi connectivity index (χ2v) is 10.6. The number of nitrogens with one attached hydrogen (secondary N) is 2.